The number of phenolic OH excluding ortho intramolecular Hbond substituents is 1. The van der Waals surface area contributed by atoms with E-state index in [2.05, 4.69) is 25.2 Å². The van der Waals surface area contributed by atoms with Crippen molar-refractivity contribution in [1.29, 1.82) is 0 Å². The van der Waals surface area contributed by atoms with Crippen molar-refractivity contribution in [3.63, 3.8) is 0 Å². The summed E-state index contributed by atoms with van der Waals surface area (Å²) in [6, 6.07) is 6.73. The van der Waals surface area contributed by atoms with Crippen LogP contribution in [0.3, 0.4) is 0 Å². The Morgan fingerprint density at radius 2 is 2.21 bits per heavy atom. The van der Waals surface area contributed by atoms with Crippen LogP contribution in [-0.2, 0) is 6.42 Å². The number of nitrogens with one attached hydrogen (secondary N) is 1. The van der Waals surface area contributed by atoms with Gasteiger partial charge in [-0.15, -0.1) is 0 Å². The summed E-state index contributed by atoms with van der Waals surface area (Å²) >= 11 is 0. The Morgan fingerprint density at radius 1 is 1.43 bits per heavy atom. The Balaban J connectivity index is 2.26. The van der Waals surface area contributed by atoms with Crippen LogP contribution < -0.4 is 5.32 Å². The van der Waals surface area contributed by atoms with Gasteiger partial charge in [0.2, 0.25) is 0 Å². The van der Waals surface area contributed by atoms with Gasteiger partial charge in [0.1, 0.15) is 5.75 Å². The lowest BCUT2D eigenvalue weighted by Gasteiger charge is -2.16. The molecule has 1 aromatic rings. The quantitative estimate of drug-likeness (QED) is 0.752. The van der Waals surface area contributed by atoms with Crippen LogP contribution in [0.2, 0.25) is 0 Å². The smallest absolute Gasteiger partial charge is 0.119 e. The highest BCUT2D eigenvalue weighted by molar-refractivity contribution is 5.44. The average molecular weight is 191 g/mol. The topological polar surface area (TPSA) is 32.3 Å². The fourth-order valence-electron chi connectivity index (χ4n) is 2.21. The molecule has 0 saturated carbocycles. The second-order valence-electron chi connectivity index (χ2n) is 4.26. The molecule has 0 heterocycles. The molecular formula is C12H17NO. The van der Waals surface area contributed by atoms with Gasteiger partial charge < -0.3 is 10.4 Å². The van der Waals surface area contributed by atoms with Gasteiger partial charge in [0.15, 0.2) is 0 Å². The zero-order valence-corrected chi connectivity index (χ0v) is 8.75. The number of phenols is 1. The van der Waals surface area contributed by atoms with Gasteiger partial charge in [-0.3, -0.25) is 0 Å². The third-order valence-electron chi connectivity index (χ3n) is 2.78. The Bertz CT molecular complexity index is 333. The van der Waals surface area contributed by atoms with Gasteiger partial charge >= 0.3 is 0 Å². The summed E-state index contributed by atoms with van der Waals surface area (Å²) in [6.07, 6.45) is 2.09. The molecule has 0 fully saturated rings. The molecule has 0 aliphatic heterocycles. The average Bonchev–Trinajstić information content (AvgIpc) is 2.49. The van der Waals surface area contributed by atoms with E-state index in [1.54, 1.807) is 6.07 Å². The van der Waals surface area contributed by atoms with Crippen LogP contribution in [0.4, 0.5) is 0 Å². The maximum absolute atomic E-state index is 9.66. The lowest BCUT2D eigenvalue weighted by Crippen LogP contribution is -2.26. The van der Waals surface area contributed by atoms with E-state index >= 15 is 0 Å². The van der Waals surface area contributed by atoms with Crippen LogP contribution in [0.25, 0.3) is 0 Å². The van der Waals surface area contributed by atoms with Crippen LogP contribution >= 0.6 is 0 Å². The van der Waals surface area contributed by atoms with Crippen LogP contribution in [0, 0.1) is 0 Å². The maximum atomic E-state index is 9.66. The van der Waals surface area contributed by atoms with E-state index in [4.69, 9.17) is 0 Å². The van der Waals surface area contributed by atoms with E-state index in [1.165, 1.54) is 5.56 Å². The highest BCUT2D eigenvalue weighted by Crippen LogP contribution is 2.36. The van der Waals surface area contributed by atoms with Gasteiger partial charge in [0.25, 0.3) is 0 Å². The molecule has 0 aromatic heterocycles. The summed E-state index contributed by atoms with van der Waals surface area (Å²) in [5, 5.41) is 13.2. The fourth-order valence-corrected chi connectivity index (χ4v) is 2.21. The van der Waals surface area contributed by atoms with Crippen molar-refractivity contribution in [2.24, 2.45) is 0 Å². The Morgan fingerprint density at radius 3 is 2.93 bits per heavy atom. The minimum Gasteiger partial charge on any atom is -0.508 e. The predicted octanol–water partition coefficient (Wildman–Crippen LogP) is 2.38. The standard InChI is InChI=1S/C12H17NO/c1-8(2)13-11-7-6-10-9(11)4-3-5-12(10)14/h3-5,8,11,13-14H,6-7H2,1-2H3. The molecule has 14 heavy (non-hydrogen) atoms. The van der Waals surface area contributed by atoms with E-state index in [0.717, 1.165) is 18.4 Å². The fraction of sp³-hybridized carbons (Fsp3) is 0.500. The van der Waals surface area contributed by atoms with E-state index in [-0.39, 0.29) is 0 Å². The summed E-state index contributed by atoms with van der Waals surface area (Å²) in [7, 11) is 0. The molecule has 76 valence electrons. The molecule has 1 aliphatic rings. The monoisotopic (exact) mass is 191 g/mol. The third-order valence-corrected chi connectivity index (χ3v) is 2.78. The van der Waals surface area contributed by atoms with Crippen LogP contribution in [0.15, 0.2) is 18.2 Å². The predicted molar refractivity (Wildman–Crippen MR) is 57.4 cm³/mol. The van der Waals surface area contributed by atoms with Crippen molar-refractivity contribution in [2.75, 3.05) is 0 Å². The zero-order chi connectivity index (χ0) is 10.1. The Labute approximate surface area is 85.0 Å². The van der Waals surface area contributed by atoms with Gasteiger partial charge in [-0.25, -0.2) is 0 Å². The minimum atomic E-state index is 0.428. The van der Waals surface area contributed by atoms with E-state index in [9.17, 15) is 5.11 Å². The number of hydrogen-bond acceptors (Lipinski definition) is 2. The van der Waals surface area contributed by atoms with Gasteiger partial charge in [-0.1, -0.05) is 26.0 Å². The molecule has 0 spiro atoms. The van der Waals surface area contributed by atoms with Crippen LogP contribution in [-0.4, -0.2) is 11.1 Å². The van der Waals surface area contributed by atoms with Crippen molar-refractivity contribution < 1.29 is 5.11 Å². The first-order valence-electron chi connectivity index (χ1n) is 5.25. The highest BCUT2D eigenvalue weighted by atomic mass is 16.3. The van der Waals surface area contributed by atoms with E-state index < -0.39 is 0 Å². The van der Waals surface area contributed by atoms with Gasteiger partial charge in [0.05, 0.1) is 0 Å². The van der Waals surface area contributed by atoms with Crippen molar-refractivity contribution in [3.8, 4) is 5.75 Å². The number of fused-ring (bicyclic) bond motifs is 1. The van der Waals surface area contributed by atoms with Gasteiger partial charge in [-0.05, 0) is 30.0 Å². The molecule has 0 bridgehead atoms. The van der Waals surface area contributed by atoms with Crippen molar-refractivity contribution in [2.45, 2.75) is 38.8 Å². The summed E-state index contributed by atoms with van der Waals surface area (Å²) in [4.78, 5) is 0. The number of aromatic hydroxyl groups is 1. The summed E-state index contributed by atoms with van der Waals surface area (Å²) in [5.41, 5.74) is 2.41. The highest BCUT2D eigenvalue weighted by Gasteiger charge is 2.24. The largest absolute Gasteiger partial charge is 0.508 e. The molecule has 0 radical (unpaired) electrons. The molecule has 0 amide bonds. The van der Waals surface area contributed by atoms with E-state index in [0.29, 0.717) is 17.8 Å². The first-order chi connectivity index (χ1) is 6.68. The molecule has 0 saturated heterocycles. The molecule has 1 atom stereocenters. The Hall–Kier alpha value is -1.02. The molecule has 1 aromatic carbocycles. The van der Waals surface area contributed by atoms with Crippen molar-refractivity contribution in [3.05, 3.63) is 29.3 Å². The molecule has 2 nitrogen and oxygen atoms in total. The normalized spacial score (nSPS) is 20.1. The SMILES string of the molecule is CC(C)NC1CCc2c(O)cccc21. The first kappa shape index (κ1) is 9.53. The van der Waals surface area contributed by atoms with Crippen LogP contribution in [0.1, 0.15) is 37.4 Å². The third kappa shape index (κ3) is 1.62. The lowest BCUT2D eigenvalue weighted by molar-refractivity contribution is 0.469. The molecule has 2 N–H and O–H groups in total. The zero-order valence-electron chi connectivity index (χ0n) is 8.75. The van der Waals surface area contributed by atoms with E-state index in [1.807, 2.05) is 6.07 Å². The Kier molecular flexibility index (Phi) is 2.46. The molecular weight excluding hydrogens is 174 g/mol. The minimum absolute atomic E-state index is 0.428. The second-order valence-corrected chi connectivity index (χ2v) is 4.26. The van der Waals surface area contributed by atoms with Crippen LogP contribution in [0.5, 0.6) is 5.75 Å². The number of rotatable bonds is 2. The number of hydrogen-bond donors (Lipinski definition) is 2. The van der Waals surface area contributed by atoms with Crippen molar-refractivity contribution >= 4 is 0 Å². The first-order valence-corrected chi connectivity index (χ1v) is 5.25. The summed E-state index contributed by atoms with van der Waals surface area (Å²) < 4.78 is 0. The molecule has 2 rings (SSSR count). The molecule has 1 unspecified atom stereocenters. The van der Waals surface area contributed by atoms with Gasteiger partial charge in [0, 0.05) is 12.1 Å². The number of benzene rings is 1. The summed E-state index contributed by atoms with van der Waals surface area (Å²) in [6.45, 7) is 4.31. The van der Waals surface area contributed by atoms with Crippen molar-refractivity contribution in [1.82, 2.24) is 5.32 Å². The summed E-state index contributed by atoms with van der Waals surface area (Å²) in [5.74, 6) is 0.454. The maximum Gasteiger partial charge on any atom is 0.119 e. The molecule has 1 aliphatic carbocycles. The van der Waals surface area contributed by atoms with Gasteiger partial charge in [-0.2, -0.15) is 0 Å². The molecule has 2 heteroatoms. The lowest BCUT2D eigenvalue weighted by atomic mass is 10.1. The second kappa shape index (κ2) is 3.62.